The Labute approximate surface area is 248 Å². The highest BCUT2D eigenvalue weighted by molar-refractivity contribution is 5.94. The van der Waals surface area contributed by atoms with Crippen molar-refractivity contribution >= 4 is 34.1 Å². The molecule has 5 aromatic carbocycles. The second-order valence-corrected chi connectivity index (χ2v) is 11.1. The third-order valence-corrected chi connectivity index (χ3v) is 8.30. The lowest BCUT2D eigenvalue weighted by atomic mass is 9.80. The van der Waals surface area contributed by atoms with E-state index in [0.717, 1.165) is 17.8 Å². The number of anilines is 4. The molecule has 0 saturated heterocycles. The van der Waals surface area contributed by atoms with Gasteiger partial charge in [0.2, 0.25) is 0 Å². The Hall–Kier alpha value is -5.08. The molecule has 42 heavy (non-hydrogen) atoms. The van der Waals surface area contributed by atoms with E-state index in [0.29, 0.717) is 0 Å². The van der Waals surface area contributed by atoms with Crippen LogP contribution in [0.3, 0.4) is 0 Å². The number of benzene rings is 5. The Balaban J connectivity index is 1.59. The smallest absolute Gasteiger partial charge is 0.0579 e. The van der Waals surface area contributed by atoms with Crippen LogP contribution in [0.15, 0.2) is 157 Å². The van der Waals surface area contributed by atoms with Gasteiger partial charge in [0.25, 0.3) is 0 Å². The number of aryl methyl sites for hydroxylation is 2. The van der Waals surface area contributed by atoms with E-state index in [4.69, 9.17) is 0 Å². The molecule has 2 heteroatoms. The molecule has 0 saturated carbocycles. The van der Waals surface area contributed by atoms with Crippen molar-refractivity contribution in [2.45, 2.75) is 20.3 Å². The molecular formula is C40H34N2. The van der Waals surface area contributed by atoms with Gasteiger partial charge >= 0.3 is 0 Å². The minimum atomic E-state index is 0.179. The van der Waals surface area contributed by atoms with Crippen molar-refractivity contribution in [2.24, 2.45) is 5.92 Å². The maximum absolute atomic E-state index is 2.48. The minimum absolute atomic E-state index is 0.179. The molecule has 0 amide bonds. The van der Waals surface area contributed by atoms with Gasteiger partial charge < -0.3 is 9.80 Å². The maximum Gasteiger partial charge on any atom is 0.0579 e. The van der Waals surface area contributed by atoms with Crippen LogP contribution >= 0.6 is 0 Å². The summed E-state index contributed by atoms with van der Waals surface area (Å²) in [5.74, 6) is 0.179. The molecule has 5 aromatic rings. The number of rotatable bonds is 6. The molecule has 204 valence electrons. The number of para-hydroxylation sites is 2. The van der Waals surface area contributed by atoms with Crippen LogP contribution in [-0.4, -0.2) is 0 Å². The summed E-state index contributed by atoms with van der Waals surface area (Å²) < 4.78 is 0. The van der Waals surface area contributed by atoms with Crippen molar-refractivity contribution in [3.63, 3.8) is 0 Å². The van der Waals surface area contributed by atoms with Crippen LogP contribution in [-0.2, 0) is 0 Å². The molecular weight excluding hydrogens is 508 g/mol. The van der Waals surface area contributed by atoms with Crippen molar-refractivity contribution in [3.05, 3.63) is 179 Å². The molecule has 0 heterocycles. The first kappa shape index (κ1) is 25.9. The van der Waals surface area contributed by atoms with Gasteiger partial charge in [-0.15, -0.1) is 0 Å². The van der Waals surface area contributed by atoms with E-state index < -0.39 is 0 Å². The topological polar surface area (TPSA) is 6.48 Å². The maximum atomic E-state index is 2.48. The fraction of sp³-hybridized carbons (Fsp3) is 0.100. The summed E-state index contributed by atoms with van der Waals surface area (Å²) in [4.78, 5) is 4.93. The molecule has 1 atom stereocenters. The summed E-state index contributed by atoms with van der Waals surface area (Å²) in [6, 6.07) is 48.4. The van der Waals surface area contributed by atoms with Crippen LogP contribution < -0.4 is 20.2 Å². The average molecular weight is 543 g/mol. The third-order valence-electron chi connectivity index (χ3n) is 8.30. The number of fused-ring (bicyclic) bond motifs is 2. The molecule has 0 aromatic heterocycles. The lowest BCUT2D eigenvalue weighted by Crippen LogP contribution is -2.45. The summed E-state index contributed by atoms with van der Waals surface area (Å²) in [6.07, 6.45) is 7.82. The summed E-state index contributed by atoms with van der Waals surface area (Å²) >= 11 is 0. The number of hydrogen-bond acceptors (Lipinski definition) is 2. The highest BCUT2D eigenvalue weighted by Gasteiger charge is 2.35. The van der Waals surface area contributed by atoms with Crippen LogP contribution in [0, 0.1) is 19.8 Å². The molecule has 0 spiro atoms. The Bertz CT molecular complexity index is 1900. The van der Waals surface area contributed by atoms with E-state index in [9.17, 15) is 0 Å². The quantitative estimate of drug-likeness (QED) is 0.212. The van der Waals surface area contributed by atoms with E-state index in [2.05, 4.69) is 175 Å². The lowest BCUT2D eigenvalue weighted by molar-refractivity contribution is 0.772. The average Bonchev–Trinajstić information content (AvgIpc) is 3.05. The van der Waals surface area contributed by atoms with E-state index in [1.807, 2.05) is 0 Å². The normalized spacial score (nSPS) is 15.5. The zero-order chi connectivity index (χ0) is 28.5. The molecule has 0 fully saturated rings. The summed E-state index contributed by atoms with van der Waals surface area (Å²) in [7, 11) is 0. The molecule has 1 unspecified atom stereocenters. The summed E-state index contributed by atoms with van der Waals surface area (Å²) in [5, 5.41) is 2.50. The Morgan fingerprint density at radius 1 is 0.500 bits per heavy atom. The lowest BCUT2D eigenvalue weighted by Gasteiger charge is -2.40. The number of nitrogens with zero attached hydrogens (tertiary/aromatic N) is 2. The van der Waals surface area contributed by atoms with Crippen LogP contribution in [0.1, 0.15) is 17.5 Å². The highest BCUT2D eigenvalue weighted by Crippen LogP contribution is 2.45. The zero-order valence-electron chi connectivity index (χ0n) is 24.1. The Kier molecular flexibility index (Phi) is 6.81. The van der Waals surface area contributed by atoms with E-state index in [1.165, 1.54) is 49.9 Å². The Morgan fingerprint density at radius 3 is 1.57 bits per heavy atom. The first-order valence-electron chi connectivity index (χ1n) is 14.7. The van der Waals surface area contributed by atoms with Crippen molar-refractivity contribution in [2.75, 3.05) is 9.80 Å². The van der Waals surface area contributed by atoms with E-state index in [-0.39, 0.29) is 5.92 Å². The van der Waals surface area contributed by atoms with Gasteiger partial charge in [0.05, 0.1) is 5.70 Å². The standard InChI is InChI=1S/C40H34N2/c1-29-21-25-33(26-22-29)41(31-13-5-3-6-14-31)39-35-17-9-11-19-37(35)40(38-20-12-10-18-36(38)39)42(32-15-7-4-8-16-32)34-27-23-30(2)24-28-34/h3-19,21-28,38H,20H2,1-2H3. The SMILES string of the molecule is Cc1ccc(N(C2=c3ccccc3=C(N(c3ccccc3)c3ccc(C)cc3)C3CC=CC=C23)c2ccccc2)cc1. The molecule has 0 aliphatic heterocycles. The fourth-order valence-electron chi connectivity index (χ4n) is 6.29. The van der Waals surface area contributed by atoms with Crippen LogP contribution in [0.5, 0.6) is 0 Å². The molecule has 0 radical (unpaired) electrons. The fourth-order valence-corrected chi connectivity index (χ4v) is 6.29. The van der Waals surface area contributed by atoms with Crippen molar-refractivity contribution < 1.29 is 0 Å². The van der Waals surface area contributed by atoms with Gasteiger partial charge in [0.1, 0.15) is 0 Å². The van der Waals surface area contributed by atoms with Gasteiger partial charge in [-0.3, -0.25) is 0 Å². The predicted octanol–water partition coefficient (Wildman–Crippen LogP) is 8.71. The Morgan fingerprint density at radius 2 is 0.976 bits per heavy atom. The molecule has 2 nitrogen and oxygen atoms in total. The van der Waals surface area contributed by atoms with Gasteiger partial charge in [-0.25, -0.2) is 0 Å². The molecule has 2 aliphatic carbocycles. The number of hydrogen-bond donors (Lipinski definition) is 0. The van der Waals surface area contributed by atoms with Gasteiger partial charge in [0.15, 0.2) is 0 Å². The second kappa shape index (κ2) is 11.1. The monoisotopic (exact) mass is 542 g/mol. The van der Waals surface area contributed by atoms with Crippen LogP contribution in [0.4, 0.5) is 22.7 Å². The first-order valence-corrected chi connectivity index (χ1v) is 14.7. The van der Waals surface area contributed by atoms with E-state index in [1.54, 1.807) is 0 Å². The van der Waals surface area contributed by atoms with Gasteiger partial charge in [-0.05, 0) is 74.4 Å². The largest absolute Gasteiger partial charge is 0.313 e. The van der Waals surface area contributed by atoms with E-state index >= 15 is 0 Å². The molecule has 2 aliphatic rings. The molecule has 7 rings (SSSR count). The van der Waals surface area contributed by atoms with Crippen LogP contribution in [0.25, 0.3) is 11.4 Å². The predicted molar refractivity (Wildman–Crippen MR) is 177 cm³/mol. The highest BCUT2D eigenvalue weighted by atomic mass is 15.2. The van der Waals surface area contributed by atoms with Crippen LogP contribution in [0.2, 0.25) is 0 Å². The van der Waals surface area contributed by atoms with Gasteiger partial charge in [-0.1, -0.05) is 114 Å². The van der Waals surface area contributed by atoms with Gasteiger partial charge in [0, 0.05) is 44.8 Å². The third kappa shape index (κ3) is 4.65. The minimum Gasteiger partial charge on any atom is -0.313 e. The van der Waals surface area contributed by atoms with Gasteiger partial charge in [-0.2, -0.15) is 0 Å². The second-order valence-electron chi connectivity index (χ2n) is 11.1. The summed E-state index contributed by atoms with van der Waals surface area (Å²) in [6.45, 7) is 4.30. The van der Waals surface area contributed by atoms with Crippen molar-refractivity contribution in [3.8, 4) is 0 Å². The summed E-state index contributed by atoms with van der Waals surface area (Å²) in [5.41, 5.74) is 11.1. The number of allylic oxidation sites excluding steroid dienone is 3. The van der Waals surface area contributed by atoms with Crippen molar-refractivity contribution in [1.82, 2.24) is 0 Å². The van der Waals surface area contributed by atoms with Crippen molar-refractivity contribution in [1.29, 1.82) is 0 Å². The zero-order valence-corrected chi connectivity index (χ0v) is 24.1. The molecule has 0 N–H and O–H groups in total. The first-order chi connectivity index (χ1) is 20.7. The molecule has 0 bridgehead atoms.